The molecule has 1 heterocycles. The molecule has 7 nitrogen and oxygen atoms in total. The number of hydrogen-bond donors (Lipinski definition) is 2. The number of nitrogens with one attached hydrogen (secondary N) is 2. The minimum atomic E-state index is -0.226. The van der Waals surface area contributed by atoms with Gasteiger partial charge in [0.15, 0.2) is 0 Å². The summed E-state index contributed by atoms with van der Waals surface area (Å²) < 4.78 is 5.01. The van der Waals surface area contributed by atoms with Gasteiger partial charge < -0.3 is 9.50 Å². The van der Waals surface area contributed by atoms with E-state index in [9.17, 15) is 4.79 Å². The summed E-state index contributed by atoms with van der Waals surface area (Å²) in [5.41, 5.74) is 1.09. The fraction of sp³-hybridized carbons (Fsp3) is 0.286. The molecule has 8 heteroatoms. The van der Waals surface area contributed by atoms with E-state index in [0.29, 0.717) is 5.95 Å². The number of amides is 1. The number of hydrogen-bond acceptors (Lipinski definition) is 7. The monoisotopic (exact) mass is 319 g/mol. The predicted octanol–water partition coefficient (Wildman–Crippen LogP) is 2.66. The van der Waals surface area contributed by atoms with E-state index in [2.05, 4.69) is 25.6 Å². The van der Waals surface area contributed by atoms with Gasteiger partial charge in [-0.15, -0.1) is 0 Å². The van der Waals surface area contributed by atoms with Gasteiger partial charge in [-0.3, -0.25) is 10.1 Å². The van der Waals surface area contributed by atoms with E-state index in [1.165, 1.54) is 25.3 Å². The maximum Gasteiger partial charge on any atom is 0.234 e. The molecule has 1 amide bonds. The van der Waals surface area contributed by atoms with Crippen LogP contribution in [0.25, 0.3) is 0 Å². The topological polar surface area (TPSA) is 89.0 Å². The maximum absolute atomic E-state index is 11.0. The molecule has 0 bridgehead atoms. The van der Waals surface area contributed by atoms with E-state index in [-0.39, 0.29) is 17.9 Å². The van der Waals surface area contributed by atoms with Gasteiger partial charge in [-0.05, 0) is 24.6 Å². The lowest BCUT2D eigenvalue weighted by Gasteiger charge is -2.14. The fourth-order valence-electron chi connectivity index (χ4n) is 1.77. The first-order chi connectivity index (χ1) is 10.6. The highest BCUT2D eigenvalue weighted by Gasteiger charge is 2.08. The lowest BCUT2D eigenvalue weighted by molar-refractivity contribution is -0.114. The SMILES string of the molecule is COSc1ccc(C(C)Nc2ncnc(NC(C)=O)n2)cc1. The molecule has 22 heavy (non-hydrogen) atoms. The summed E-state index contributed by atoms with van der Waals surface area (Å²) in [6, 6.07) is 7.99. The van der Waals surface area contributed by atoms with E-state index < -0.39 is 0 Å². The highest BCUT2D eigenvalue weighted by atomic mass is 32.2. The second-order valence-corrected chi connectivity index (χ2v) is 5.47. The Hall–Kier alpha value is -2.19. The Bertz CT molecular complexity index is 635. The first-order valence-electron chi connectivity index (χ1n) is 6.62. The van der Waals surface area contributed by atoms with Crippen molar-refractivity contribution in [2.45, 2.75) is 24.8 Å². The van der Waals surface area contributed by atoms with Crippen molar-refractivity contribution in [1.82, 2.24) is 15.0 Å². The molecule has 0 radical (unpaired) electrons. The number of carbonyl (C=O) groups is 1. The summed E-state index contributed by atoms with van der Waals surface area (Å²) in [4.78, 5) is 24.1. The third-order valence-electron chi connectivity index (χ3n) is 2.76. The highest BCUT2D eigenvalue weighted by Crippen LogP contribution is 2.22. The van der Waals surface area contributed by atoms with Crippen LogP contribution in [0.4, 0.5) is 11.9 Å². The van der Waals surface area contributed by atoms with Crippen LogP contribution >= 0.6 is 12.0 Å². The van der Waals surface area contributed by atoms with Crippen molar-refractivity contribution < 1.29 is 8.98 Å². The molecule has 1 aromatic heterocycles. The van der Waals surface area contributed by atoms with Crippen molar-refractivity contribution in [3.8, 4) is 0 Å². The number of aromatic nitrogens is 3. The van der Waals surface area contributed by atoms with Gasteiger partial charge >= 0.3 is 0 Å². The zero-order valence-corrected chi connectivity index (χ0v) is 13.3. The lowest BCUT2D eigenvalue weighted by Crippen LogP contribution is -2.13. The number of carbonyl (C=O) groups excluding carboxylic acids is 1. The zero-order valence-electron chi connectivity index (χ0n) is 12.5. The van der Waals surface area contributed by atoms with Crippen LogP contribution in [0, 0.1) is 0 Å². The van der Waals surface area contributed by atoms with Crippen LogP contribution in [-0.4, -0.2) is 28.0 Å². The molecule has 0 aliphatic heterocycles. The van der Waals surface area contributed by atoms with Crippen LogP contribution in [0.3, 0.4) is 0 Å². The summed E-state index contributed by atoms with van der Waals surface area (Å²) in [5, 5.41) is 5.69. The minimum Gasteiger partial charge on any atom is -0.348 e. The number of nitrogens with zero attached hydrogens (tertiary/aromatic N) is 3. The third kappa shape index (κ3) is 4.68. The quantitative estimate of drug-likeness (QED) is 0.791. The molecule has 2 rings (SSSR count). The van der Waals surface area contributed by atoms with Crippen LogP contribution in [0.5, 0.6) is 0 Å². The van der Waals surface area contributed by atoms with Crippen molar-refractivity contribution in [2.75, 3.05) is 17.7 Å². The zero-order chi connectivity index (χ0) is 15.9. The molecule has 0 fully saturated rings. The molecule has 2 N–H and O–H groups in total. The Labute approximate surface area is 133 Å². The summed E-state index contributed by atoms with van der Waals surface area (Å²) in [7, 11) is 1.64. The molecule has 1 unspecified atom stereocenters. The largest absolute Gasteiger partial charge is 0.348 e. The smallest absolute Gasteiger partial charge is 0.234 e. The van der Waals surface area contributed by atoms with Crippen LogP contribution in [-0.2, 0) is 8.98 Å². The molecule has 0 saturated carbocycles. The normalized spacial score (nSPS) is 11.8. The average Bonchev–Trinajstić information content (AvgIpc) is 2.48. The number of anilines is 2. The molecule has 116 valence electrons. The fourth-order valence-corrected chi connectivity index (χ4v) is 2.21. The van der Waals surface area contributed by atoms with E-state index in [1.54, 1.807) is 7.11 Å². The highest BCUT2D eigenvalue weighted by molar-refractivity contribution is 7.94. The van der Waals surface area contributed by atoms with E-state index >= 15 is 0 Å². The van der Waals surface area contributed by atoms with Gasteiger partial charge in [-0.25, -0.2) is 9.97 Å². The van der Waals surface area contributed by atoms with E-state index in [0.717, 1.165) is 10.5 Å². The Morgan fingerprint density at radius 2 is 1.91 bits per heavy atom. The Kier molecular flexibility index (Phi) is 5.68. The second-order valence-electron chi connectivity index (χ2n) is 4.50. The molecule has 0 aliphatic rings. The van der Waals surface area contributed by atoms with Crippen molar-refractivity contribution in [1.29, 1.82) is 0 Å². The van der Waals surface area contributed by atoms with Crippen molar-refractivity contribution in [2.24, 2.45) is 0 Å². The summed E-state index contributed by atoms with van der Waals surface area (Å²) >= 11 is 1.31. The van der Waals surface area contributed by atoms with Gasteiger partial charge in [0.05, 0.1) is 13.2 Å². The van der Waals surface area contributed by atoms with Crippen LogP contribution in [0.1, 0.15) is 25.5 Å². The lowest BCUT2D eigenvalue weighted by atomic mass is 10.1. The van der Waals surface area contributed by atoms with Crippen molar-refractivity contribution in [3.05, 3.63) is 36.2 Å². The predicted molar refractivity (Wildman–Crippen MR) is 85.5 cm³/mol. The second kappa shape index (κ2) is 7.71. The molecular formula is C14H17N5O2S. The van der Waals surface area contributed by atoms with Crippen molar-refractivity contribution in [3.63, 3.8) is 0 Å². The minimum absolute atomic E-state index is 0.00849. The average molecular weight is 319 g/mol. The van der Waals surface area contributed by atoms with Gasteiger partial charge in [0.2, 0.25) is 17.8 Å². The first kappa shape index (κ1) is 16.2. The number of benzene rings is 1. The van der Waals surface area contributed by atoms with Crippen LogP contribution in [0.15, 0.2) is 35.5 Å². The molecule has 2 aromatic rings. The Morgan fingerprint density at radius 1 is 1.23 bits per heavy atom. The molecule has 0 aliphatic carbocycles. The maximum atomic E-state index is 11.0. The van der Waals surface area contributed by atoms with E-state index in [4.69, 9.17) is 4.18 Å². The van der Waals surface area contributed by atoms with Gasteiger partial charge in [-0.1, -0.05) is 12.1 Å². The van der Waals surface area contributed by atoms with Crippen LogP contribution in [0.2, 0.25) is 0 Å². The molecule has 1 atom stereocenters. The van der Waals surface area contributed by atoms with Crippen LogP contribution < -0.4 is 10.6 Å². The summed E-state index contributed by atoms with van der Waals surface area (Å²) in [5.74, 6) is 0.405. The first-order valence-corrected chi connectivity index (χ1v) is 7.36. The molecule has 0 saturated heterocycles. The van der Waals surface area contributed by atoms with Gasteiger partial charge in [0.1, 0.15) is 6.33 Å². The number of rotatable bonds is 6. The standard InChI is InChI=1S/C14H17N5O2S/c1-9(11-4-6-12(7-5-11)22-21-3)17-13-15-8-16-14(19-13)18-10(2)20/h4-9H,1-3H3,(H2,15,16,17,18,19,20). The summed E-state index contributed by atoms with van der Waals surface area (Å²) in [6.07, 6.45) is 1.35. The Balaban J connectivity index is 2.04. The van der Waals surface area contributed by atoms with E-state index in [1.807, 2.05) is 31.2 Å². The molecule has 0 spiro atoms. The summed E-state index contributed by atoms with van der Waals surface area (Å²) in [6.45, 7) is 3.40. The molecular weight excluding hydrogens is 302 g/mol. The van der Waals surface area contributed by atoms with Crippen molar-refractivity contribution >= 4 is 29.8 Å². The molecule has 1 aromatic carbocycles. The van der Waals surface area contributed by atoms with Gasteiger partial charge in [0, 0.05) is 23.9 Å². The van der Waals surface area contributed by atoms with Gasteiger partial charge in [-0.2, -0.15) is 4.98 Å². The van der Waals surface area contributed by atoms with Gasteiger partial charge in [0.25, 0.3) is 0 Å². The third-order valence-corrected chi connectivity index (χ3v) is 3.40. The Morgan fingerprint density at radius 3 is 2.55 bits per heavy atom.